The van der Waals surface area contributed by atoms with Crippen molar-refractivity contribution in [1.82, 2.24) is 14.9 Å². The topological polar surface area (TPSA) is 64.5 Å². The Morgan fingerprint density at radius 3 is 2.81 bits per heavy atom. The Bertz CT molecular complexity index is 706. The summed E-state index contributed by atoms with van der Waals surface area (Å²) < 4.78 is 11.6. The van der Waals surface area contributed by atoms with Gasteiger partial charge in [-0.2, -0.15) is 0 Å². The zero-order chi connectivity index (χ0) is 18.9. The van der Waals surface area contributed by atoms with Crippen molar-refractivity contribution in [3.05, 3.63) is 48.4 Å². The second-order valence-electron chi connectivity index (χ2n) is 6.76. The monoisotopic (exact) mass is 369 g/mol. The first-order valence-electron chi connectivity index (χ1n) is 9.71. The van der Waals surface area contributed by atoms with Gasteiger partial charge >= 0.3 is 0 Å². The van der Waals surface area contributed by atoms with Crippen molar-refractivity contribution in [2.24, 2.45) is 0 Å². The summed E-state index contributed by atoms with van der Waals surface area (Å²) >= 11 is 0. The van der Waals surface area contributed by atoms with Crippen molar-refractivity contribution >= 4 is 5.91 Å². The Labute approximate surface area is 160 Å². The van der Waals surface area contributed by atoms with E-state index in [-0.39, 0.29) is 12.0 Å². The lowest BCUT2D eigenvalue weighted by Gasteiger charge is -2.32. The smallest absolute Gasteiger partial charge is 0.253 e. The minimum absolute atomic E-state index is 0.0278. The van der Waals surface area contributed by atoms with Crippen LogP contribution < -0.4 is 9.47 Å². The number of nitrogens with zero attached hydrogens (tertiary/aromatic N) is 3. The fraction of sp³-hybridized carbons (Fsp3) is 0.476. The average Bonchev–Trinajstić information content (AvgIpc) is 2.72. The van der Waals surface area contributed by atoms with Crippen LogP contribution in [-0.4, -0.2) is 46.6 Å². The Morgan fingerprint density at radius 2 is 2.07 bits per heavy atom. The third-order valence-electron chi connectivity index (χ3n) is 4.61. The minimum atomic E-state index is -0.0550. The summed E-state index contributed by atoms with van der Waals surface area (Å²) in [6.07, 6.45) is 9.98. The maximum absolute atomic E-state index is 12.8. The molecule has 27 heavy (non-hydrogen) atoms. The van der Waals surface area contributed by atoms with Crippen LogP contribution in [0, 0.1) is 0 Å². The molecule has 1 aliphatic heterocycles. The Balaban J connectivity index is 1.53. The zero-order valence-electron chi connectivity index (χ0n) is 15.8. The predicted octanol–water partition coefficient (Wildman–Crippen LogP) is 3.73. The van der Waals surface area contributed by atoms with Crippen LogP contribution in [-0.2, 0) is 0 Å². The lowest BCUT2D eigenvalue weighted by molar-refractivity contribution is 0.0527. The highest BCUT2D eigenvalue weighted by Gasteiger charge is 2.26. The standard InChI is InChI=1S/C21H27N3O3/c1-2-3-4-14-26-18-9-7-17(8-10-18)21(25)24-13-5-6-19(16-24)27-20-15-22-11-12-23-20/h7-12,15,19H,2-6,13-14,16H2,1H3. The van der Waals surface area contributed by atoms with Gasteiger partial charge in [0.1, 0.15) is 11.9 Å². The summed E-state index contributed by atoms with van der Waals surface area (Å²) in [5, 5.41) is 0. The van der Waals surface area contributed by atoms with E-state index in [9.17, 15) is 4.79 Å². The highest BCUT2D eigenvalue weighted by molar-refractivity contribution is 5.94. The van der Waals surface area contributed by atoms with Gasteiger partial charge in [-0.15, -0.1) is 0 Å². The third kappa shape index (κ3) is 5.67. The first kappa shape index (κ1) is 19.1. The Morgan fingerprint density at radius 1 is 1.22 bits per heavy atom. The van der Waals surface area contributed by atoms with Crippen molar-refractivity contribution in [1.29, 1.82) is 0 Å². The zero-order valence-corrected chi connectivity index (χ0v) is 15.8. The molecule has 1 amide bonds. The lowest BCUT2D eigenvalue weighted by atomic mass is 10.1. The summed E-state index contributed by atoms with van der Waals surface area (Å²) in [5.41, 5.74) is 0.677. The molecule has 1 aromatic heterocycles. The number of benzene rings is 1. The second kappa shape index (κ2) is 9.90. The molecular formula is C21H27N3O3. The van der Waals surface area contributed by atoms with E-state index in [1.165, 1.54) is 12.8 Å². The number of hydrogen-bond acceptors (Lipinski definition) is 5. The van der Waals surface area contributed by atoms with Gasteiger partial charge in [0.2, 0.25) is 5.88 Å². The molecule has 144 valence electrons. The van der Waals surface area contributed by atoms with Crippen LogP contribution in [0.1, 0.15) is 49.4 Å². The second-order valence-corrected chi connectivity index (χ2v) is 6.76. The number of carbonyl (C=O) groups is 1. The maximum atomic E-state index is 12.8. The van der Waals surface area contributed by atoms with Gasteiger partial charge in [-0.3, -0.25) is 9.78 Å². The molecule has 0 aliphatic carbocycles. The highest BCUT2D eigenvalue weighted by atomic mass is 16.5. The van der Waals surface area contributed by atoms with E-state index in [0.29, 0.717) is 24.6 Å². The van der Waals surface area contributed by atoms with Gasteiger partial charge in [0, 0.05) is 24.5 Å². The van der Waals surface area contributed by atoms with Crippen LogP contribution in [0.2, 0.25) is 0 Å². The van der Waals surface area contributed by atoms with Gasteiger partial charge in [0.05, 0.1) is 19.3 Å². The number of hydrogen-bond donors (Lipinski definition) is 0. The molecule has 1 fully saturated rings. The summed E-state index contributed by atoms with van der Waals surface area (Å²) in [6.45, 7) is 4.19. The number of unbranched alkanes of at least 4 members (excludes halogenated alkanes) is 2. The molecule has 2 heterocycles. The van der Waals surface area contributed by atoms with E-state index in [0.717, 1.165) is 31.6 Å². The summed E-state index contributed by atoms with van der Waals surface area (Å²) in [6, 6.07) is 7.42. The molecule has 6 heteroatoms. The number of carbonyl (C=O) groups excluding carboxylic acids is 1. The van der Waals surface area contributed by atoms with Crippen LogP contribution >= 0.6 is 0 Å². The van der Waals surface area contributed by atoms with E-state index in [2.05, 4.69) is 16.9 Å². The number of likely N-dealkylation sites (tertiary alicyclic amines) is 1. The molecule has 2 aromatic rings. The molecule has 6 nitrogen and oxygen atoms in total. The highest BCUT2D eigenvalue weighted by Crippen LogP contribution is 2.19. The number of piperidine rings is 1. The normalized spacial score (nSPS) is 16.8. The van der Waals surface area contributed by atoms with Gasteiger partial charge in [-0.25, -0.2) is 4.98 Å². The molecule has 1 atom stereocenters. The van der Waals surface area contributed by atoms with Gasteiger partial charge in [0.15, 0.2) is 0 Å². The molecule has 0 saturated carbocycles. The molecule has 1 aliphatic rings. The average molecular weight is 369 g/mol. The fourth-order valence-electron chi connectivity index (χ4n) is 3.15. The number of ether oxygens (including phenoxy) is 2. The van der Waals surface area contributed by atoms with Crippen molar-refractivity contribution in [3.63, 3.8) is 0 Å². The molecule has 0 bridgehead atoms. The number of rotatable bonds is 8. The first-order valence-corrected chi connectivity index (χ1v) is 9.71. The molecule has 1 unspecified atom stereocenters. The van der Waals surface area contributed by atoms with Crippen LogP contribution in [0.25, 0.3) is 0 Å². The van der Waals surface area contributed by atoms with Crippen molar-refractivity contribution < 1.29 is 14.3 Å². The quantitative estimate of drug-likeness (QED) is 0.664. The van der Waals surface area contributed by atoms with Crippen molar-refractivity contribution in [2.45, 2.75) is 45.1 Å². The van der Waals surface area contributed by atoms with Crippen LogP contribution in [0.5, 0.6) is 11.6 Å². The third-order valence-corrected chi connectivity index (χ3v) is 4.61. The van der Waals surface area contributed by atoms with E-state index in [1.54, 1.807) is 18.6 Å². The molecule has 1 aromatic carbocycles. The van der Waals surface area contributed by atoms with Crippen molar-refractivity contribution in [3.8, 4) is 11.6 Å². The number of amides is 1. The molecule has 1 saturated heterocycles. The van der Waals surface area contributed by atoms with Gasteiger partial charge in [-0.05, 0) is 43.5 Å². The largest absolute Gasteiger partial charge is 0.494 e. The molecule has 0 radical (unpaired) electrons. The van der Waals surface area contributed by atoms with E-state index < -0.39 is 0 Å². The predicted molar refractivity (Wildman–Crippen MR) is 103 cm³/mol. The van der Waals surface area contributed by atoms with Crippen LogP contribution in [0.3, 0.4) is 0 Å². The van der Waals surface area contributed by atoms with Gasteiger partial charge in [-0.1, -0.05) is 19.8 Å². The van der Waals surface area contributed by atoms with Crippen LogP contribution in [0.4, 0.5) is 0 Å². The van der Waals surface area contributed by atoms with Gasteiger partial charge in [0.25, 0.3) is 5.91 Å². The van der Waals surface area contributed by atoms with Crippen molar-refractivity contribution in [2.75, 3.05) is 19.7 Å². The Kier molecular flexibility index (Phi) is 7.02. The van der Waals surface area contributed by atoms with Gasteiger partial charge < -0.3 is 14.4 Å². The number of aromatic nitrogens is 2. The SMILES string of the molecule is CCCCCOc1ccc(C(=O)N2CCCC(Oc3cnccn3)C2)cc1. The first-order chi connectivity index (χ1) is 13.3. The Hall–Kier alpha value is -2.63. The fourth-order valence-corrected chi connectivity index (χ4v) is 3.15. The lowest BCUT2D eigenvalue weighted by Crippen LogP contribution is -2.44. The summed E-state index contributed by atoms with van der Waals surface area (Å²) in [4.78, 5) is 22.8. The van der Waals surface area contributed by atoms with E-state index >= 15 is 0 Å². The molecule has 3 rings (SSSR count). The van der Waals surface area contributed by atoms with E-state index in [4.69, 9.17) is 9.47 Å². The molecular weight excluding hydrogens is 342 g/mol. The molecule has 0 spiro atoms. The van der Waals surface area contributed by atoms with Crippen LogP contribution in [0.15, 0.2) is 42.9 Å². The summed E-state index contributed by atoms with van der Waals surface area (Å²) in [5.74, 6) is 1.34. The van der Waals surface area contributed by atoms with E-state index in [1.807, 2.05) is 29.2 Å². The summed E-state index contributed by atoms with van der Waals surface area (Å²) in [7, 11) is 0. The maximum Gasteiger partial charge on any atom is 0.253 e. The molecule has 0 N–H and O–H groups in total. The minimum Gasteiger partial charge on any atom is -0.494 e.